The first-order valence-corrected chi connectivity index (χ1v) is 7.68. The lowest BCUT2D eigenvalue weighted by atomic mass is 10.2. The van der Waals surface area contributed by atoms with E-state index in [0.29, 0.717) is 5.69 Å². The van der Waals surface area contributed by atoms with Crippen LogP contribution in [0.1, 0.15) is 11.1 Å². The molecule has 0 aliphatic heterocycles. The molecular formula is C18H12ClN3O4. The molecular weight excluding hydrogens is 358 g/mol. The van der Waals surface area contributed by atoms with E-state index in [0.717, 1.165) is 0 Å². The van der Waals surface area contributed by atoms with Crippen molar-refractivity contribution in [1.29, 1.82) is 10.5 Å². The summed E-state index contributed by atoms with van der Waals surface area (Å²) in [5.74, 6) is -1.08. The van der Waals surface area contributed by atoms with Gasteiger partial charge in [0.1, 0.15) is 17.9 Å². The Morgan fingerprint density at radius 2 is 1.77 bits per heavy atom. The highest BCUT2D eigenvalue weighted by molar-refractivity contribution is 6.32. The van der Waals surface area contributed by atoms with Gasteiger partial charge in [0.15, 0.2) is 13.2 Å². The summed E-state index contributed by atoms with van der Waals surface area (Å²) in [7, 11) is 0. The second kappa shape index (κ2) is 9.07. The minimum absolute atomic E-state index is 0.201. The number of anilines is 1. The summed E-state index contributed by atoms with van der Waals surface area (Å²) in [4.78, 5) is 23.4. The Hall–Kier alpha value is -3.55. The average Bonchev–Trinajstić information content (AvgIpc) is 2.65. The number of carbonyl (C=O) groups excluding carboxylic acids is 2. The van der Waals surface area contributed by atoms with Gasteiger partial charge in [0.05, 0.1) is 16.1 Å². The number of nitrogens with zero attached hydrogens (tertiary/aromatic N) is 2. The SMILES string of the molecule is N#Cc1ccc(NC(=O)COC(=O)COc2ccccc2C#N)cc1Cl. The maximum absolute atomic E-state index is 11.8. The number of halogens is 1. The summed E-state index contributed by atoms with van der Waals surface area (Å²) in [6, 6.07) is 14.7. The number of carbonyl (C=O) groups is 2. The highest BCUT2D eigenvalue weighted by Crippen LogP contribution is 2.20. The first kappa shape index (κ1) is 18.8. The van der Waals surface area contributed by atoms with Gasteiger partial charge in [-0.15, -0.1) is 0 Å². The fourth-order valence-corrected chi connectivity index (χ4v) is 2.11. The smallest absolute Gasteiger partial charge is 0.344 e. The number of rotatable bonds is 6. The fourth-order valence-electron chi connectivity index (χ4n) is 1.89. The van der Waals surface area contributed by atoms with Crippen molar-refractivity contribution in [3.05, 3.63) is 58.6 Å². The predicted molar refractivity (Wildman–Crippen MR) is 92.4 cm³/mol. The van der Waals surface area contributed by atoms with E-state index in [9.17, 15) is 9.59 Å². The maximum atomic E-state index is 11.8. The molecule has 2 rings (SSSR count). The van der Waals surface area contributed by atoms with Crippen LogP contribution in [0.25, 0.3) is 0 Å². The molecule has 2 aromatic rings. The number of nitrogens with one attached hydrogen (secondary N) is 1. The van der Waals surface area contributed by atoms with Gasteiger partial charge in [0.25, 0.3) is 5.91 Å². The van der Waals surface area contributed by atoms with Gasteiger partial charge in [0.2, 0.25) is 0 Å². The van der Waals surface area contributed by atoms with Crippen molar-refractivity contribution in [3.63, 3.8) is 0 Å². The van der Waals surface area contributed by atoms with Crippen LogP contribution in [0.5, 0.6) is 5.75 Å². The molecule has 130 valence electrons. The second-order valence-electron chi connectivity index (χ2n) is 4.91. The van der Waals surface area contributed by atoms with E-state index in [-0.39, 0.29) is 21.9 Å². The van der Waals surface area contributed by atoms with Crippen LogP contribution in [-0.4, -0.2) is 25.1 Å². The molecule has 8 heteroatoms. The largest absolute Gasteiger partial charge is 0.481 e. The third kappa shape index (κ3) is 5.23. The molecule has 0 heterocycles. The van der Waals surface area contributed by atoms with E-state index in [1.807, 2.05) is 12.1 Å². The third-order valence-electron chi connectivity index (χ3n) is 3.09. The van der Waals surface area contributed by atoms with Crippen LogP contribution in [0.3, 0.4) is 0 Å². The van der Waals surface area contributed by atoms with E-state index < -0.39 is 25.1 Å². The Morgan fingerprint density at radius 1 is 1.04 bits per heavy atom. The van der Waals surface area contributed by atoms with Crippen molar-refractivity contribution in [2.45, 2.75) is 0 Å². The average molecular weight is 370 g/mol. The number of amides is 1. The Morgan fingerprint density at radius 3 is 2.46 bits per heavy atom. The molecule has 1 N–H and O–H groups in total. The summed E-state index contributed by atoms with van der Waals surface area (Å²) in [5, 5.41) is 20.4. The van der Waals surface area contributed by atoms with Crippen LogP contribution >= 0.6 is 11.6 Å². The molecule has 0 bridgehead atoms. The standard InChI is InChI=1S/C18H12ClN3O4/c19-15-7-14(6-5-12(15)8-20)22-17(23)10-26-18(24)11-25-16-4-2-1-3-13(16)9-21/h1-7H,10-11H2,(H,22,23). The van der Waals surface area contributed by atoms with Crippen LogP contribution in [0.15, 0.2) is 42.5 Å². The van der Waals surface area contributed by atoms with Crippen molar-refractivity contribution in [2.75, 3.05) is 18.5 Å². The van der Waals surface area contributed by atoms with Gasteiger partial charge in [-0.2, -0.15) is 10.5 Å². The van der Waals surface area contributed by atoms with Gasteiger partial charge in [0, 0.05) is 5.69 Å². The summed E-state index contributed by atoms with van der Waals surface area (Å²) < 4.78 is 10.0. The number of para-hydroxylation sites is 1. The van der Waals surface area contributed by atoms with E-state index in [2.05, 4.69) is 5.32 Å². The molecule has 0 aliphatic carbocycles. The topological polar surface area (TPSA) is 112 Å². The van der Waals surface area contributed by atoms with Crippen molar-refractivity contribution in [1.82, 2.24) is 0 Å². The van der Waals surface area contributed by atoms with Crippen molar-refractivity contribution < 1.29 is 19.1 Å². The van der Waals surface area contributed by atoms with Crippen molar-refractivity contribution in [3.8, 4) is 17.9 Å². The normalized spacial score (nSPS) is 9.50. The van der Waals surface area contributed by atoms with Gasteiger partial charge in [-0.3, -0.25) is 4.79 Å². The Balaban J connectivity index is 1.80. The number of ether oxygens (including phenoxy) is 2. The number of hydrogen-bond donors (Lipinski definition) is 1. The Bertz CT molecular complexity index is 915. The first-order chi connectivity index (χ1) is 12.5. The van der Waals surface area contributed by atoms with Gasteiger partial charge < -0.3 is 14.8 Å². The molecule has 0 saturated carbocycles. The molecule has 0 atom stereocenters. The summed E-state index contributed by atoms with van der Waals surface area (Å²) in [6.45, 7) is -0.950. The lowest BCUT2D eigenvalue weighted by Crippen LogP contribution is -2.23. The van der Waals surface area contributed by atoms with Crippen LogP contribution in [0.4, 0.5) is 5.69 Å². The molecule has 2 aromatic carbocycles. The number of benzene rings is 2. The summed E-state index contributed by atoms with van der Waals surface area (Å²) >= 11 is 5.87. The number of esters is 1. The van der Waals surface area contributed by atoms with E-state index >= 15 is 0 Å². The summed E-state index contributed by atoms with van der Waals surface area (Å²) in [6.07, 6.45) is 0. The lowest BCUT2D eigenvalue weighted by molar-refractivity contribution is -0.149. The number of hydrogen-bond acceptors (Lipinski definition) is 6. The zero-order valence-corrected chi connectivity index (χ0v) is 14.1. The molecule has 0 saturated heterocycles. The quantitative estimate of drug-likeness (QED) is 0.783. The van der Waals surface area contributed by atoms with E-state index in [1.165, 1.54) is 18.2 Å². The van der Waals surface area contributed by atoms with Crippen LogP contribution in [0, 0.1) is 22.7 Å². The van der Waals surface area contributed by atoms with Gasteiger partial charge in [-0.1, -0.05) is 23.7 Å². The van der Waals surface area contributed by atoms with Gasteiger partial charge in [-0.25, -0.2) is 4.79 Å². The third-order valence-corrected chi connectivity index (χ3v) is 3.40. The molecule has 0 aromatic heterocycles. The highest BCUT2D eigenvalue weighted by atomic mass is 35.5. The lowest BCUT2D eigenvalue weighted by Gasteiger charge is -2.09. The summed E-state index contributed by atoms with van der Waals surface area (Å²) in [5.41, 5.74) is 0.941. The molecule has 7 nitrogen and oxygen atoms in total. The first-order valence-electron chi connectivity index (χ1n) is 7.30. The predicted octanol–water partition coefficient (Wildman–Crippen LogP) is 2.64. The molecule has 1 amide bonds. The molecule has 0 spiro atoms. The minimum atomic E-state index is -0.759. The molecule has 0 fully saturated rings. The van der Waals surface area contributed by atoms with Gasteiger partial charge >= 0.3 is 5.97 Å². The van der Waals surface area contributed by atoms with Crippen molar-refractivity contribution >= 4 is 29.2 Å². The van der Waals surface area contributed by atoms with Crippen LogP contribution in [-0.2, 0) is 14.3 Å². The van der Waals surface area contributed by atoms with E-state index in [4.69, 9.17) is 31.6 Å². The maximum Gasteiger partial charge on any atom is 0.344 e. The van der Waals surface area contributed by atoms with E-state index in [1.54, 1.807) is 24.3 Å². The fraction of sp³-hybridized carbons (Fsp3) is 0.111. The molecule has 0 aliphatic rings. The Kier molecular flexibility index (Phi) is 6.55. The highest BCUT2D eigenvalue weighted by Gasteiger charge is 2.11. The zero-order valence-electron chi connectivity index (χ0n) is 13.4. The van der Waals surface area contributed by atoms with Crippen molar-refractivity contribution in [2.24, 2.45) is 0 Å². The second-order valence-corrected chi connectivity index (χ2v) is 5.32. The van der Waals surface area contributed by atoms with Gasteiger partial charge in [-0.05, 0) is 30.3 Å². The molecule has 0 radical (unpaired) electrons. The monoisotopic (exact) mass is 369 g/mol. The molecule has 0 unspecified atom stereocenters. The molecule has 26 heavy (non-hydrogen) atoms. The minimum Gasteiger partial charge on any atom is -0.481 e. The number of nitriles is 2. The van der Waals surface area contributed by atoms with Crippen LogP contribution < -0.4 is 10.1 Å². The van der Waals surface area contributed by atoms with Crippen LogP contribution in [0.2, 0.25) is 5.02 Å². The Labute approximate surface area is 154 Å². The zero-order chi connectivity index (χ0) is 18.9.